The average Bonchev–Trinajstić information content (AvgIpc) is 3.53. The number of para-hydroxylation sites is 1. The number of nitrogens with one attached hydrogen (secondary N) is 1. The standard InChI is InChI=1S/C27H28F3N5O4S2/c28-27(29,30)20-8-10-21(11-9-20)31-26(37)34-16-17-35(41(38,39)24-7-4-18-40-24)23(19-34)25(36)33-14-12-32(13-15-33)22-5-2-1-3-6-22/h1-11,18,23H,12-17,19H2,(H,31,37). The van der Waals surface area contributed by atoms with E-state index in [1.807, 2.05) is 30.3 Å². The Bertz CT molecular complexity index is 1460. The molecule has 1 atom stereocenters. The predicted octanol–water partition coefficient (Wildman–Crippen LogP) is 4.02. The van der Waals surface area contributed by atoms with Crippen LogP contribution in [-0.2, 0) is 21.0 Å². The van der Waals surface area contributed by atoms with E-state index in [2.05, 4.69) is 10.2 Å². The van der Waals surface area contributed by atoms with Crippen molar-refractivity contribution in [2.24, 2.45) is 0 Å². The maximum Gasteiger partial charge on any atom is 0.416 e. The maximum atomic E-state index is 13.8. The van der Waals surface area contributed by atoms with Gasteiger partial charge in [-0.3, -0.25) is 4.79 Å². The smallest absolute Gasteiger partial charge is 0.368 e. The molecule has 0 spiro atoms. The number of benzene rings is 2. The second kappa shape index (κ2) is 11.7. The number of piperazine rings is 2. The van der Waals surface area contributed by atoms with Gasteiger partial charge in [0, 0.05) is 57.2 Å². The Morgan fingerprint density at radius 2 is 1.49 bits per heavy atom. The fraction of sp³-hybridized carbons (Fsp3) is 0.333. The number of urea groups is 1. The van der Waals surface area contributed by atoms with E-state index in [1.54, 1.807) is 16.3 Å². The third-order valence-electron chi connectivity index (χ3n) is 7.14. The highest BCUT2D eigenvalue weighted by molar-refractivity contribution is 7.91. The number of rotatable bonds is 5. The summed E-state index contributed by atoms with van der Waals surface area (Å²) in [6, 6.07) is 15.1. The van der Waals surface area contributed by atoms with Crippen LogP contribution in [-0.4, -0.2) is 86.3 Å². The summed E-state index contributed by atoms with van der Waals surface area (Å²) in [6.45, 7) is 1.60. The van der Waals surface area contributed by atoms with Crippen LogP contribution in [0.3, 0.4) is 0 Å². The number of thiophene rings is 1. The van der Waals surface area contributed by atoms with E-state index < -0.39 is 39.7 Å². The summed E-state index contributed by atoms with van der Waals surface area (Å²) in [5.74, 6) is -0.398. The fourth-order valence-electron chi connectivity index (χ4n) is 4.95. The summed E-state index contributed by atoms with van der Waals surface area (Å²) in [5.41, 5.74) is 0.336. The summed E-state index contributed by atoms with van der Waals surface area (Å²) >= 11 is 1.05. The van der Waals surface area contributed by atoms with E-state index in [0.717, 1.165) is 45.6 Å². The first-order valence-electron chi connectivity index (χ1n) is 12.9. The van der Waals surface area contributed by atoms with Crippen molar-refractivity contribution in [3.05, 3.63) is 77.7 Å². The number of sulfonamides is 1. The first kappa shape index (κ1) is 28.9. The van der Waals surface area contributed by atoms with Gasteiger partial charge in [0.15, 0.2) is 0 Å². The molecule has 14 heteroatoms. The molecule has 0 bridgehead atoms. The molecule has 9 nitrogen and oxygen atoms in total. The van der Waals surface area contributed by atoms with Gasteiger partial charge in [0.1, 0.15) is 10.3 Å². The summed E-state index contributed by atoms with van der Waals surface area (Å²) in [6.07, 6.45) is -4.51. The molecular formula is C27H28F3N5O4S2. The van der Waals surface area contributed by atoms with E-state index in [4.69, 9.17) is 0 Å². The monoisotopic (exact) mass is 607 g/mol. The van der Waals surface area contributed by atoms with Gasteiger partial charge < -0.3 is 20.0 Å². The Morgan fingerprint density at radius 3 is 2.10 bits per heavy atom. The van der Waals surface area contributed by atoms with Gasteiger partial charge in [-0.2, -0.15) is 17.5 Å². The van der Waals surface area contributed by atoms with Crippen LogP contribution in [0.4, 0.5) is 29.3 Å². The zero-order valence-electron chi connectivity index (χ0n) is 21.8. The molecule has 0 aliphatic carbocycles. The predicted molar refractivity (Wildman–Crippen MR) is 149 cm³/mol. The Kier molecular flexibility index (Phi) is 8.25. The van der Waals surface area contributed by atoms with Crippen LogP contribution < -0.4 is 10.2 Å². The molecular weight excluding hydrogens is 579 g/mol. The van der Waals surface area contributed by atoms with Crippen molar-refractivity contribution >= 4 is 44.7 Å². The van der Waals surface area contributed by atoms with Gasteiger partial charge in [0.05, 0.1) is 5.56 Å². The molecule has 41 heavy (non-hydrogen) atoms. The van der Waals surface area contributed by atoms with E-state index >= 15 is 0 Å². The highest BCUT2D eigenvalue weighted by atomic mass is 32.2. The Morgan fingerprint density at radius 1 is 0.829 bits per heavy atom. The second-order valence-corrected chi connectivity index (χ2v) is 12.7. The number of carbonyl (C=O) groups excluding carboxylic acids is 2. The van der Waals surface area contributed by atoms with Crippen LogP contribution in [0.25, 0.3) is 0 Å². The van der Waals surface area contributed by atoms with Gasteiger partial charge in [-0.25, -0.2) is 13.2 Å². The number of halogens is 3. The number of hydrogen-bond acceptors (Lipinski definition) is 6. The molecule has 2 fully saturated rings. The molecule has 3 aromatic rings. The van der Waals surface area contributed by atoms with Crippen LogP contribution in [0.15, 0.2) is 76.3 Å². The third-order valence-corrected chi connectivity index (χ3v) is 10.4. The van der Waals surface area contributed by atoms with E-state index in [9.17, 15) is 31.2 Å². The van der Waals surface area contributed by atoms with Crippen molar-refractivity contribution in [2.45, 2.75) is 16.4 Å². The quantitative estimate of drug-likeness (QED) is 0.473. The van der Waals surface area contributed by atoms with Gasteiger partial charge in [0.2, 0.25) is 5.91 Å². The maximum absolute atomic E-state index is 13.8. The van der Waals surface area contributed by atoms with Crippen LogP contribution in [0.1, 0.15) is 5.56 Å². The number of amides is 3. The zero-order chi connectivity index (χ0) is 29.2. The summed E-state index contributed by atoms with van der Waals surface area (Å²) < 4.78 is 67.0. The molecule has 1 N–H and O–H groups in total. The lowest BCUT2D eigenvalue weighted by molar-refractivity contribution is -0.138. The topological polar surface area (TPSA) is 93.3 Å². The van der Waals surface area contributed by atoms with Crippen molar-refractivity contribution in [3.63, 3.8) is 0 Å². The summed E-state index contributed by atoms with van der Waals surface area (Å²) in [4.78, 5) is 32.0. The molecule has 2 aromatic carbocycles. The van der Waals surface area contributed by atoms with Crippen LogP contribution in [0, 0.1) is 0 Å². The highest BCUT2D eigenvalue weighted by Crippen LogP contribution is 2.30. The number of alkyl halides is 3. The minimum absolute atomic E-state index is 0.00262. The normalized spacial score (nSPS) is 18.8. The largest absolute Gasteiger partial charge is 0.416 e. The number of nitrogens with zero attached hydrogens (tertiary/aromatic N) is 4. The number of hydrogen-bond donors (Lipinski definition) is 1. The van der Waals surface area contributed by atoms with Crippen molar-refractivity contribution < 1.29 is 31.2 Å². The van der Waals surface area contributed by atoms with Gasteiger partial charge >= 0.3 is 12.2 Å². The van der Waals surface area contributed by atoms with Crippen LogP contribution in [0.2, 0.25) is 0 Å². The SMILES string of the molecule is O=C(Nc1ccc(C(F)(F)F)cc1)N1CCN(S(=O)(=O)c2cccs2)C(C(=O)N2CCN(c3ccccc3)CC2)C1. The van der Waals surface area contributed by atoms with Crippen molar-refractivity contribution in [1.82, 2.24) is 14.1 Å². The first-order valence-corrected chi connectivity index (χ1v) is 15.2. The molecule has 2 aliphatic rings. The van der Waals surface area contributed by atoms with Crippen molar-refractivity contribution in [2.75, 3.05) is 56.0 Å². The zero-order valence-corrected chi connectivity index (χ0v) is 23.5. The molecule has 2 aliphatic heterocycles. The lowest BCUT2D eigenvalue weighted by atomic mass is 10.1. The average molecular weight is 608 g/mol. The minimum Gasteiger partial charge on any atom is -0.368 e. The molecule has 2 saturated heterocycles. The van der Waals surface area contributed by atoms with Crippen LogP contribution >= 0.6 is 11.3 Å². The van der Waals surface area contributed by atoms with E-state index in [1.165, 1.54) is 11.0 Å². The molecule has 218 valence electrons. The lowest BCUT2D eigenvalue weighted by Crippen LogP contribution is -2.63. The molecule has 1 aromatic heterocycles. The van der Waals surface area contributed by atoms with Crippen molar-refractivity contribution in [1.29, 1.82) is 0 Å². The van der Waals surface area contributed by atoms with Gasteiger partial charge in [0.25, 0.3) is 10.0 Å². The highest BCUT2D eigenvalue weighted by Gasteiger charge is 2.43. The summed E-state index contributed by atoms with van der Waals surface area (Å²) in [5, 5.41) is 4.20. The van der Waals surface area contributed by atoms with Crippen LogP contribution in [0.5, 0.6) is 0 Å². The van der Waals surface area contributed by atoms with E-state index in [0.29, 0.717) is 26.2 Å². The van der Waals surface area contributed by atoms with E-state index in [-0.39, 0.29) is 29.5 Å². The number of carbonyl (C=O) groups is 2. The Labute approximate surface area is 239 Å². The third kappa shape index (κ3) is 6.34. The summed E-state index contributed by atoms with van der Waals surface area (Å²) in [7, 11) is -4.00. The first-order chi connectivity index (χ1) is 19.5. The molecule has 5 rings (SSSR count). The van der Waals surface area contributed by atoms with Crippen molar-refractivity contribution in [3.8, 4) is 0 Å². The molecule has 1 unspecified atom stereocenters. The van der Waals surface area contributed by atoms with Gasteiger partial charge in [-0.15, -0.1) is 11.3 Å². The van der Waals surface area contributed by atoms with Gasteiger partial charge in [-0.1, -0.05) is 24.3 Å². The molecule has 0 saturated carbocycles. The lowest BCUT2D eigenvalue weighted by Gasteiger charge is -2.43. The fourth-order valence-corrected chi connectivity index (χ4v) is 7.63. The van der Waals surface area contributed by atoms with Gasteiger partial charge in [-0.05, 0) is 47.8 Å². The number of anilines is 2. The second-order valence-electron chi connectivity index (χ2n) is 9.66. The molecule has 3 amide bonds. The molecule has 0 radical (unpaired) electrons. The minimum atomic E-state index is -4.51. The Balaban J connectivity index is 1.32. The molecule has 3 heterocycles. The Hall–Kier alpha value is -3.62.